The minimum atomic E-state index is -0.264. The Labute approximate surface area is 171 Å². The molecule has 1 saturated heterocycles. The van der Waals surface area contributed by atoms with Crippen LogP contribution in [0.2, 0.25) is 5.02 Å². The van der Waals surface area contributed by atoms with Crippen molar-refractivity contribution in [2.45, 2.75) is 33.6 Å². The van der Waals surface area contributed by atoms with Gasteiger partial charge in [-0.25, -0.2) is 0 Å². The Balaban J connectivity index is 1.70. The highest BCUT2D eigenvalue weighted by Gasteiger charge is 2.21. The summed E-state index contributed by atoms with van der Waals surface area (Å²) in [4.78, 5) is 28.5. The summed E-state index contributed by atoms with van der Waals surface area (Å²) in [6.07, 6.45) is 2.45. The Kier molecular flexibility index (Phi) is 6.25. The average Bonchev–Trinajstić information content (AvgIpc) is 3.15. The van der Waals surface area contributed by atoms with Crippen LogP contribution in [0, 0.1) is 13.8 Å². The molecule has 2 aromatic rings. The van der Waals surface area contributed by atoms with Crippen LogP contribution in [0.5, 0.6) is 0 Å². The monoisotopic (exact) mass is 399 g/mol. The van der Waals surface area contributed by atoms with E-state index in [1.54, 1.807) is 6.07 Å². The van der Waals surface area contributed by atoms with E-state index in [9.17, 15) is 9.59 Å². The fourth-order valence-corrected chi connectivity index (χ4v) is 4.10. The Hall–Kier alpha value is -2.53. The summed E-state index contributed by atoms with van der Waals surface area (Å²) < 4.78 is 0. The number of hydrogen-bond acceptors (Lipinski definition) is 3. The largest absolute Gasteiger partial charge is 0.372 e. The summed E-state index contributed by atoms with van der Waals surface area (Å²) >= 11 is 6.37. The number of halogens is 1. The molecule has 6 heteroatoms. The molecule has 0 radical (unpaired) electrons. The highest BCUT2D eigenvalue weighted by molar-refractivity contribution is 6.34. The minimum Gasteiger partial charge on any atom is -0.372 e. The van der Waals surface area contributed by atoms with Crippen molar-refractivity contribution in [3.8, 4) is 0 Å². The van der Waals surface area contributed by atoms with Gasteiger partial charge in [0.05, 0.1) is 10.7 Å². The van der Waals surface area contributed by atoms with E-state index in [0.29, 0.717) is 16.4 Å². The predicted octanol–water partition coefficient (Wildman–Crippen LogP) is 4.55. The average molecular weight is 400 g/mol. The van der Waals surface area contributed by atoms with Gasteiger partial charge in [0.15, 0.2) is 0 Å². The van der Waals surface area contributed by atoms with Crippen molar-refractivity contribution >= 4 is 40.5 Å². The molecule has 3 rings (SSSR count). The van der Waals surface area contributed by atoms with Crippen LogP contribution in [0.15, 0.2) is 36.4 Å². The van der Waals surface area contributed by atoms with Crippen molar-refractivity contribution in [2.75, 3.05) is 34.8 Å². The number of benzene rings is 2. The molecule has 0 bridgehead atoms. The van der Waals surface area contributed by atoms with Gasteiger partial charge in [-0.05, 0) is 68.1 Å². The number of anilines is 3. The topological polar surface area (TPSA) is 52.7 Å². The van der Waals surface area contributed by atoms with Gasteiger partial charge in [0.1, 0.15) is 6.54 Å². The molecule has 1 N–H and O–H groups in total. The van der Waals surface area contributed by atoms with Crippen molar-refractivity contribution < 1.29 is 9.59 Å². The fraction of sp³-hybridized carbons (Fsp3) is 0.364. The van der Waals surface area contributed by atoms with Crippen LogP contribution in [-0.2, 0) is 9.59 Å². The molecule has 1 heterocycles. The van der Waals surface area contributed by atoms with Gasteiger partial charge in [-0.1, -0.05) is 17.7 Å². The standard InChI is InChI=1S/C22H26ClN3O2/c1-15-12-16(2)22(20(23)13-15)26(17(3)27)14-21(28)24-18-6-8-19(9-7-18)25-10-4-5-11-25/h6-9,12-13H,4-5,10-11,14H2,1-3H3,(H,24,28). The number of hydrogen-bond donors (Lipinski definition) is 1. The van der Waals surface area contributed by atoms with Crippen molar-refractivity contribution in [1.82, 2.24) is 0 Å². The lowest BCUT2D eigenvalue weighted by atomic mass is 10.1. The molecule has 0 spiro atoms. The van der Waals surface area contributed by atoms with E-state index in [4.69, 9.17) is 11.6 Å². The molecule has 28 heavy (non-hydrogen) atoms. The summed E-state index contributed by atoms with van der Waals surface area (Å²) in [5, 5.41) is 3.34. The molecule has 1 fully saturated rings. The van der Waals surface area contributed by atoms with Gasteiger partial charge in [0.25, 0.3) is 0 Å². The number of amides is 2. The number of aryl methyl sites for hydroxylation is 2. The molecule has 2 aromatic carbocycles. The first-order chi connectivity index (χ1) is 13.3. The lowest BCUT2D eigenvalue weighted by Gasteiger charge is -2.24. The number of rotatable bonds is 5. The van der Waals surface area contributed by atoms with E-state index in [-0.39, 0.29) is 18.4 Å². The Morgan fingerprint density at radius 1 is 1.11 bits per heavy atom. The van der Waals surface area contributed by atoms with E-state index >= 15 is 0 Å². The Bertz CT molecular complexity index is 851. The van der Waals surface area contributed by atoms with Crippen molar-refractivity contribution in [3.05, 3.63) is 52.5 Å². The summed E-state index contributed by atoms with van der Waals surface area (Å²) in [6, 6.07) is 11.6. The number of carbonyl (C=O) groups is 2. The van der Waals surface area contributed by atoms with Gasteiger partial charge in [0.2, 0.25) is 11.8 Å². The zero-order chi connectivity index (χ0) is 20.3. The van der Waals surface area contributed by atoms with Crippen LogP contribution in [0.25, 0.3) is 0 Å². The summed E-state index contributed by atoms with van der Waals surface area (Å²) in [7, 11) is 0. The van der Waals surface area contributed by atoms with Crippen molar-refractivity contribution in [1.29, 1.82) is 0 Å². The van der Waals surface area contributed by atoms with Crippen LogP contribution in [0.1, 0.15) is 30.9 Å². The molecule has 148 valence electrons. The van der Waals surface area contributed by atoms with E-state index < -0.39 is 0 Å². The highest BCUT2D eigenvalue weighted by Crippen LogP contribution is 2.31. The maximum Gasteiger partial charge on any atom is 0.244 e. The van der Waals surface area contributed by atoms with Gasteiger partial charge in [0, 0.05) is 31.4 Å². The Morgan fingerprint density at radius 2 is 1.75 bits per heavy atom. The van der Waals surface area contributed by atoms with Gasteiger partial charge in [-0.3, -0.25) is 9.59 Å². The molecule has 1 aliphatic rings. The van der Waals surface area contributed by atoms with Crippen molar-refractivity contribution in [2.24, 2.45) is 0 Å². The molecule has 0 unspecified atom stereocenters. The third kappa shape index (κ3) is 4.65. The van der Waals surface area contributed by atoms with E-state index in [1.807, 2.05) is 44.2 Å². The summed E-state index contributed by atoms with van der Waals surface area (Å²) in [5.41, 5.74) is 4.34. The maximum atomic E-state index is 12.6. The van der Waals surface area contributed by atoms with Gasteiger partial charge in [-0.15, -0.1) is 0 Å². The first kappa shape index (κ1) is 20.2. The van der Waals surface area contributed by atoms with E-state index in [1.165, 1.54) is 30.4 Å². The highest BCUT2D eigenvalue weighted by atomic mass is 35.5. The molecule has 5 nitrogen and oxygen atoms in total. The molecule has 0 atom stereocenters. The van der Waals surface area contributed by atoms with Crippen LogP contribution in [-0.4, -0.2) is 31.4 Å². The molecule has 0 aliphatic carbocycles. The van der Waals surface area contributed by atoms with Crippen LogP contribution in [0.3, 0.4) is 0 Å². The molecule has 1 aliphatic heterocycles. The minimum absolute atomic E-state index is 0.0904. The lowest BCUT2D eigenvalue weighted by molar-refractivity contribution is -0.120. The first-order valence-corrected chi connectivity index (χ1v) is 9.92. The second-order valence-corrected chi connectivity index (χ2v) is 7.71. The zero-order valence-electron chi connectivity index (χ0n) is 16.6. The number of nitrogens with zero attached hydrogens (tertiary/aromatic N) is 2. The summed E-state index contributed by atoms with van der Waals surface area (Å²) in [5.74, 6) is -0.492. The first-order valence-electron chi connectivity index (χ1n) is 9.55. The fourth-order valence-electron chi connectivity index (χ4n) is 3.67. The molecule has 0 saturated carbocycles. The van der Waals surface area contributed by atoms with Crippen LogP contribution >= 0.6 is 11.6 Å². The molecular formula is C22H26ClN3O2. The maximum absolute atomic E-state index is 12.6. The molecule has 0 aromatic heterocycles. The van der Waals surface area contributed by atoms with Crippen LogP contribution < -0.4 is 15.1 Å². The lowest BCUT2D eigenvalue weighted by Crippen LogP contribution is -2.37. The van der Waals surface area contributed by atoms with Crippen molar-refractivity contribution in [3.63, 3.8) is 0 Å². The van der Waals surface area contributed by atoms with Gasteiger partial charge >= 0.3 is 0 Å². The third-order valence-corrected chi connectivity index (χ3v) is 5.26. The molecule has 2 amide bonds. The zero-order valence-corrected chi connectivity index (χ0v) is 17.3. The normalized spacial score (nSPS) is 13.5. The predicted molar refractivity (Wildman–Crippen MR) is 115 cm³/mol. The Morgan fingerprint density at radius 3 is 2.32 bits per heavy atom. The van der Waals surface area contributed by atoms with E-state index in [2.05, 4.69) is 10.2 Å². The van der Waals surface area contributed by atoms with E-state index in [0.717, 1.165) is 24.2 Å². The second kappa shape index (κ2) is 8.65. The molecular weight excluding hydrogens is 374 g/mol. The smallest absolute Gasteiger partial charge is 0.244 e. The van der Waals surface area contributed by atoms with Gasteiger partial charge in [-0.2, -0.15) is 0 Å². The second-order valence-electron chi connectivity index (χ2n) is 7.31. The SMILES string of the molecule is CC(=O)N(CC(=O)Nc1ccc(N2CCCC2)cc1)c1c(C)cc(C)cc1Cl. The van der Waals surface area contributed by atoms with Gasteiger partial charge < -0.3 is 15.1 Å². The number of carbonyl (C=O) groups excluding carboxylic acids is 2. The quantitative estimate of drug-likeness (QED) is 0.802. The third-order valence-electron chi connectivity index (χ3n) is 4.97. The van der Waals surface area contributed by atoms with Crippen LogP contribution in [0.4, 0.5) is 17.1 Å². The summed E-state index contributed by atoms with van der Waals surface area (Å²) in [6.45, 7) is 7.34. The number of nitrogens with one attached hydrogen (secondary N) is 1.